The number of methoxy groups -OCH3 is 1. The van der Waals surface area contributed by atoms with Gasteiger partial charge in [-0.05, 0) is 43.8 Å². The number of halogens is 1. The van der Waals surface area contributed by atoms with Crippen molar-refractivity contribution in [3.05, 3.63) is 71.6 Å². The largest absolute Gasteiger partial charge is 0.497 e. The summed E-state index contributed by atoms with van der Waals surface area (Å²) in [4.78, 5) is 22.6. The topological polar surface area (TPSA) is 63.8 Å². The minimum Gasteiger partial charge on any atom is -0.497 e. The van der Waals surface area contributed by atoms with Crippen LogP contribution in [0.3, 0.4) is 0 Å². The Balaban J connectivity index is 1.77. The Labute approximate surface area is 179 Å². The molecule has 7 nitrogen and oxygen atoms in total. The molecule has 2 heterocycles. The van der Waals surface area contributed by atoms with Gasteiger partial charge in [0.15, 0.2) is 0 Å². The van der Waals surface area contributed by atoms with Crippen LogP contribution in [-0.2, 0) is 0 Å². The molecular formula is C23H22FN5O2. The SMILES string of the molecule is [C-]#[N+]c1ccc(-c2nc(C(=O)N3CC[C@H](NC)C3)cn2-c2ccc(OC)cc2)cc1F. The first-order valence-electron chi connectivity index (χ1n) is 9.91. The second-order valence-corrected chi connectivity index (χ2v) is 7.32. The van der Waals surface area contributed by atoms with Crippen LogP contribution in [0.2, 0.25) is 0 Å². The molecule has 1 N–H and O–H groups in total. The van der Waals surface area contributed by atoms with E-state index in [1.807, 2.05) is 19.2 Å². The standard InChI is InChI=1S/C23H22FN5O2/c1-25-16-10-11-28(13-16)23(30)21-14-29(17-5-7-18(31-3)8-6-17)22(27-21)15-4-9-20(26-2)19(24)12-15/h4-9,12,14,16,25H,10-11,13H2,1,3H3/t16-/m0/s1. The zero-order chi connectivity index (χ0) is 22.0. The fourth-order valence-corrected chi connectivity index (χ4v) is 3.71. The van der Waals surface area contributed by atoms with Gasteiger partial charge in [0.1, 0.15) is 23.1 Å². The molecule has 0 spiro atoms. The van der Waals surface area contributed by atoms with Crippen molar-refractivity contribution >= 4 is 11.6 Å². The molecule has 0 radical (unpaired) electrons. The Morgan fingerprint density at radius 3 is 2.68 bits per heavy atom. The predicted octanol–water partition coefficient (Wildman–Crippen LogP) is 3.67. The van der Waals surface area contributed by atoms with Crippen LogP contribution in [0, 0.1) is 12.4 Å². The highest BCUT2D eigenvalue weighted by Crippen LogP contribution is 2.29. The van der Waals surface area contributed by atoms with E-state index in [9.17, 15) is 9.18 Å². The van der Waals surface area contributed by atoms with Crippen molar-refractivity contribution in [3.63, 3.8) is 0 Å². The molecule has 1 saturated heterocycles. The molecule has 0 unspecified atom stereocenters. The van der Waals surface area contributed by atoms with Crippen molar-refractivity contribution in [2.24, 2.45) is 0 Å². The Morgan fingerprint density at radius 1 is 1.29 bits per heavy atom. The third kappa shape index (κ3) is 4.00. The predicted molar refractivity (Wildman–Crippen MR) is 115 cm³/mol. The van der Waals surface area contributed by atoms with Crippen LogP contribution in [0.1, 0.15) is 16.9 Å². The first-order chi connectivity index (χ1) is 15.0. The van der Waals surface area contributed by atoms with Gasteiger partial charge in [-0.1, -0.05) is 12.1 Å². The number of rotatable bonds is 5. The summed E-state index contributed by atoms with van der Waals surface area (Å²) >= 11 is 0. The summed E-state index contributed by atoms with van der Waals surface area (Å²) < 4.78 is 21.3. The molecule has 31 heavy (non-hydrogen) atoms. The van der Waals surface area contributed by atoms with Crippen molar-refractivity contribution < 1.29 is 13.9 Å². The number of nitrogens with zero attached hydrogens (tertiary/aromatic N) is 4. The van der Waals surface area contributed by atoms with E-state index < -0.39 is 5.82 Å². The van der Waals surface area contributed by atoms with Gasteiger partial charge in [0.25, 0.3) is 5.91 Å². The van der Waals surface area contributed by atoms with E-state index in [2.05, 4.69) is 15.1 Å². The molecule has 0 saturated carbocycles. The van der Waals surface area contributed by atoms with Gasteiger partial charge in [-0.15, -0.1) is 0 Å². The van der Waals surface area contributed by atoms with Crippen LogP contribution in [0.25, 0.3) is 21.9 Å². The zero-order valence-corrected chi connectivity index (χ0v) is 17.3. The third-order valence-electron chi connectivity index (χ3n) is 5.49. The number of benzene rings is 2. The van der Waals surface area contributed by atoms with Gasteiger partial charge in [-0.25, -0.2) is 14.2 Å². The molecule has 1 aliphatic heterocycles. The van der Waals surface area contributed by atoms with Crippen LogP contribution in [0.4, 0.5) is 10.1 Å². The quantitative estimate of drug-likeness (QED) is 0.641. The van der Waals surface area contributed by atoms with Crippen molar-refractivity contribution in [3.8, 4) is 22.8 Å². The van der Waals surface area contributed by atoms with E-state index in [1.165, 1.54) is 12.1 Å². The number of likely N-dealkylation sites (N-methyl/N-ethyl adjacent to an activating group) is 1. The van der Waals surface area contributed by atoms with Crippen LogP contribution < -0.4 is 10.1 Å². The van der Waals surface area contributed by atoms with Crippen molar-refractivity contribution in [1.82, 2.24) is 19.8 Å². The number of amides is 1. The fraction of sp³-hybridized carbons (Fsp3) is 0.261. The molecule has 158 valence electrons. The van der Waals surface area contributed by atoms with Gasteiger partial charge >= 0.3 is 0 Å². The van der Waals surface area contributed by atoms with Crippen LogP contribution in [0.5, 0.6) is 5.75 Å². The molecule has 0 aliphatic carbocycles. The van der Waals surface area contributed by atoms with Crippen LogP contribution >= 0.6 is 0 Å². The number of nitrogens with one attached hydrogen (secondary N) is 1. The summed E-state index contributed by atoms with van der Waals surface area (Å²) in [5.74, 6) is 0.336. The highest BCUT2D eigenvalue weighted by atomic mass is 19.1. The van der Waals surface area contributed by atoms with Gasteiger partial charge in [0.05, 0.1) is 13.7 Å². The summed E-state index contributed by atoms with van der Waals surface area (Å²) in [6.45, 7) is 8.34. The number of hydrogen-bond acceptors (Lipinski definition) is 4. The number of carbonyl (C=O) groups is 1. The summed E-state index contributed by atoms with van der Waals surface area (Å²) in [7, 11) is 3.47. The van der Waals surface area contributed by atoms with Gasteiger partial charge in [0.2, 0.25) is 5.69 Å². The lowest BCUT2D eigenvalue weighted by Gasteiger charge is -2.14. The molecule has 0 bridgehead atoms. The lowest BCUT2D eigenvalue weighted by atomic mass is 10.2. The molecule has 1 atom stereocenters. The fourth-order valence-electron chi connectivity index (χ4n) is 3.71. The molecule has 4 rings (SSSR count). The van der Waals surface area contributed by atoms with E-state index in [-0.39, 0.29) is 23.3 Å². The number of aromatic nitrogens is 2. The normalized spacial score (nSPS) is 15.7. The van der Waals surface area contributed by atoms with E-state index in [0.717, 1.165) is 12.1 Å². The minimum absolute atomic E-state index is 0.0576. The molecule has 1 amide bonds. The second kappa shape index (κ2) is 8.58. The molecular weight excluding hydrogens is 397 g/mol. The monoisotopic (exact) mass is 419 g/mol. The minimum atomic E-state index is -0.624. The highest BCUT2D eigenvalue weighted by Gasteiger charge is 2.28. The smallest absolute Gasteiger partial charge is 0.274 e. The maximum Gasteiger partial charge on any atom is 0.274 e. The molecule has 1 aliphatic rings. The molecule has 1 fully saturated rings. The van der Waals surface area contributed by atoms with E-state index in [0.29, 0.717) is 30.2 Å². The number of hydrogen-bond donors (Lipinski definition) is 1. The average molecular weight is 419 g/mol. The van der Waals surface area contributed by atoms with Crippen LogP contribution in [0.15, 0.2) is 48.7 Å². The van der Waals surface area contributed by atoms with Gasteiger partial charge in [-0.2, -0.15) is 0 Å². The summed E-state index contributed by atoms with van der Waals surface area (Å²) in [6, 6.07) is 11.9. The Morgan fingerprint density at radius 2 is 2.06 bits per heavy atom. The molecule has 1 aromatic heterocycles. The first-order valence-corrected chi connectivity index (χ1v) is 9.91. The lowest BCUT2D eigenvalue weighted by Crippen LogP contribution is -2.33. The number of ether oxygens (including phenoxy) is 1. The van der Waals surface area contributed by atoms with E-state index in [4.69, 9.17) is 11.3 Å². The van der Waals surface area contributed by atoms with Gasteiger partial charge in [-0.3, -0.25) is 9.36 Å². The van der Waals surface area contributed by atoms with Crippen molar-refractivity contribution in [2.45, 2.75) is 12.5 Å². The number of imidazole rings is 1. The van der Waals surface area contributed by atoms with Crippen molar-refractivity contribution in [2.75, 3.05) is 27.2 Å². The highest BCUT2D eigenvalue weighted by molar-refractivity contribution is 5.93. The van der Waals surface area contributed by atoms with E-state index >= 15 is 0 Å². The van der Waals surface area contributed by atoms with Gasteiger partial charge in [0, 0.05) is 36.6 Å². The van der Waals surface area contributed by atoms with Crippen molar-refractivity contribution in [1.29, 1.82) is 0 Å². The first kappa shape index (κ1) is 20.6. The van der Waals surface area contributed by atoms with E-state index in [1.54, 1.807) is 41.0 Å². The Hall–Kier alpha value is -3.70. The summed E-state index contributed by atoms with van der Waals surface area (Å²) in [6.07, 6.45) is 2.56. The third-order valence-corrected chi connectivity index (χ3v) is 5.49. The van der Waals surface area contributed by atoms with Crippen LogP contribution in [-0.4, -0.2) is 53.6 Å². The Bertz CT molecular complexity index is 1150. The average Bonchev–Trinajstić information content (AvgIpc) is 3.46. The number of likely N-dealkylation sites (tertiary alicyclic amines) is 1. The second-order valence-electron chi connectivity index (χ2n) is 7.32. The number of carbonyl (C=O) groups excluding carboxylic acids is 1. The lowest BCUT2D eigenvalue weighted by molar-refractivity contribution is 0.0784. The van der Waals surface area contributed by atoms with Gasteiger partial charge < -0.3 is 15.0 Å². The maximum atomic E-state index is 14.3. The Kier molecular flexibility index (Phi) is 5.69. The summed E-state index contributed by atoms with van der Waals surface area (Å²) in [5, 5.41) is 3.20. The maximum absolute atomic E-state index is 14.3. The molecule has 3 aromatic rings. The zero-order valence-electron chi connectivity index (χ0n) is 17.3. The summed E-state index contributed by atoms with van der Waals surface area (Å²) in [5.41, 5.74) is 1.47. The molecule has 2 aromatic carbocycles. The molecule has 8 heteroatoms.